The van der Waals surface area contributed by atoms with Crippen LogP contribution in [0, 0.1) is 0 Å². The summed E-state index contributed by atoms with van der Waals surface area (Å²) in [6.45, 7) is 0.0630. The van der Waals surface area contributed by atoms with Gasteiger partial charge in [-0.05, 0) is 22.0 Å². The largest absolute Gasteiger partial charge is 0.459 e. The molecule has 0 atom stereocenters. The fourth-order valence-electron chi connectivity index (χ4n) is 1.51. The number of nitrogens with two attached hydrogens (primary N) is 1. The van der Waals surface area contributed by atoms with E-state index in [4.69, 9.17) is 10.3 Å². The number of H-pyrrole nitrogens is 1. The Hall–Kier alpha value is -2.13. The van der Waals surface area contributed by atoms with Crippen LogP contribution >= 0.6 is 15.9 Å². The van der Waals surface area contributed by atoms with Crippen LogP contribution in [0.25, 0.3) is 0 Å². The van der Waals surface area contributed by atoms with Gasteiger partial charge in [-0.15, -0.1) is 0 Å². The van der Waals surface area contributed by atoms with E-state index in [1.54, 1.807) is 0 Å². The lowest BCUT2D eigenvalue weighted by Crippen LogP contribution is -2.32. The SMILES string of the molecule is NNC(=O)c1occc1Cn1cc(Br)c(=O)[nH]c1=O. The minimum atomic E-state index is -0.600. The fraction of sp³-hybridized carbons (Fsp3) is 0.100. The van der Waals surface area contributed by atoms with Crippen molar-refractivity contribution < 1.29 is 9.21 Å². The highest BCUT2D eigenvalue weighted by Crippen LogP contribution is 2.11. The molecule has 0 saturated carbocycles. The van der Waals surface area contributed by atoms with E-state index in [0.717, 1.165) is 0 Å². The predicted molar refractivity (Wildman–Crippen MR) is 68.5 cm³/mol. The molecule has 8 nitrogen and oxygen atoms in total. The number of hydrogen-bond donors (Lipinski definition) is 3. The molecule has 0 radical (unpaired) electrons. The molecule has 1 amide bonds. The second kappa shape index (κ2) is 5.24. The van der Waals surface area contributed by atoms with E-state index in [-0.39, 0.29) is 16.8 Å². The zero-order valence-electron chi connectivity index (χ0n) is 9.47. The third-order valence-corrected chi connectivity index (χ3v) is 2.96. The smallest absolute Gasteiger partial charge is 0.328 e. The summed E-state index contributed by atoms with van der Waals surface area (Å²) in [5, 5.41) is 0. The Labute approximate surface area is 114 Å². The second-order valence-electron chi connectivity index (χ2n) is 3.61. The van der Waals surface area contributed by atoms with Crippen molar-refractivity contribution in [1.82, 2.24) is 15.0 Å². The number of hydrazine groups is 1. The molecule has 0 aliphatic carbocycles. The van der Waals surface area contributed by atoms with Crippen LogP contribution in [0.3, 0.4) is 0 Å². The van der Waals surface area contributed by atoms with Gasteiger partial charge in [0, 0.05) is 11.8 Å². The van der Waals surface area contributed by atoms with Gasteiger partial charge in [0.05, 0.1) is 17.3 Å². The van der Waals surface area contributed by atoms with E-state index >= 15 is 0 Å². The molecule has 0 aliphatic heterocycles. The van der Waals surface area contributed by atoms with Gasteiger partial charge >= 0.3 is 11.6 Å². The average molecular weight is 329 g/mol. The van der Waals surface area contributed by atoms with Gasteiger partial charge in [-0.2, -0.15) is 0 Å². The Bertz CT molecular complexity index is 730. The van der Waals surface area contributed by atoms with Gasteiger partial charge < -0.3 is 4.42 Å². The number of halogens is 1. The van der Waals surface area contributed by atoms with Gasteiger partial charge in [0.2, 0.25) is 0 Å². The van der Waals surface area contributed by atoms with Gasteiger partial charge in [-0.1, -0.05) is 0 Å². The van der Waals surface area contributed by atoms with Crippen LogP contribution in [0.4, 0.5) is 0 Å². The van der Waals surface area contributed by atoms with Crippen LogP contribution in [0.1, 0.15) is 16.1 Å². The molecule has 2 aromatic rings. The number of carbonyl (C=O) groups excluding carboxylic acids is 1. The van der Waals surface area contributed by atoms with Gasteiger partial charge in [0.25, 0.3) is 5.56 Å². The van der Waals surface area contributed by atoms with Crippen LogP contribution in [0.2, 0.25) is 0 Å². The van der Waals surface area contributed by atoms with E-state index in [2.05, 4.69) is 20.9 Å². The van der Waals surface area contributed by atoms with Gasteiger partial charge in [-0.25, -0.2) is 10.6 Å². The minimum Gasteiger partial charge on any atom is -0.459 e. The summed E-state index contributed by atoms with van der Waals surface area (Å²) in [5.41, 5.74) is 1.29. The van der Waals surface area contributed by atoms with Gasteiger partial charge in [0.1, 0.15) is 0 Å². The first kappa shape index (κ1) is 13.3. The van der Waals surface area contributed by atoms with Crippen molar-refractivity contribution in [3.05, 3.63) is 55.2 Å². The van der Waals surface area contributed by atoms with Crippen molar-refractivity contribution in [3.63, 3.8) is 0 Å². The predicted octanol–water partition coefficient (Wildman–Crippen LogP) is -0.456. The second-order valence-corrected chi connectivity index (χ2v) is 4.47. The summed E-state index contributed by atoms with van der Waals surface area (Å²) in [4.78, 5) is 36.3. The number of rotatable bonds is 3. The molecule has 0 aliphatic rings. The molecule has 2 aromatic heterocycles. The first-order chi connectivity index (χ1) is 9.02. The van der Waals surface area contributed by atoms with E-state index in [9.17, 15) is 14.4 Å². The average Bonchev–Trinajstić information content (AvgIpc) is 2.83. The normalized spacial score (nSPS) is 10.4. The van der Waals surface area contributed by atoms with E-state index in [1.165, 1.54) is 23.1 Å². The number of nitrogens with zero attached hydrogens (tertiary/aromatic N) is 1. The Morgan fingerprint density at radius 2 is 2.26 bits per heavy atom. The maximum Gasteiger partial charge on any atom is 0.328 e. The molecule has 0 spiro atoms. The summed E-state index contributed by atoms with van der Waals surface area (Å²) in [5.74, 6) is 4.43. The maximum atomic E-state index is 11.6. The zero-order chi connectivity index (χ0) is 14.0. The molecule has 0 bridgehead atoms. The van der Waals surface area contributed by atoms with Crippen molar-refractivity contribution >= 4 is 21.8 Å². The summed E-state index contributed by atoms with van der Waals surface area (Å²) < 4.78 is 6.43. The Morgan fingerprint density at radius 3 is 2.95 bits per heavy atom. The number of nitrogens with one attached hydrogen (secondary N) is 2. The summed E-state index contributed by atoms with van der Waals surface area (Å²) in [7, 11) is 0. The highest BCUT2D eigenvalue weighted by molar-refractivity contribution is 9.10. The van der Waals surface area contributed by atoms with E-state index in [1.807, 2.05) is 5.43 Å². The van der Waals surface area contributed by atoms with Gasteiger partial charge in [0.15, 0.2) is 5.76 Å². The molecule has 100 valence electrons. The van der Waals surface area contributed by atoms with Crippen LogP contribution in [-0.2, 0) is 6.54 Å². The summed E-state index contributed by atoms with van der Waals surface area (Å²) in [6.07, 6.45) is 2.64. The van der Waals surface area contributed by atoms with Crippen molar-refractivity contribution in [2.45, 2.75) is 6.54 Å². The summed E-state index contributed by atoms with van der Waals surface area (Å²) in [6, 6.07) is 1.54. The zero-order valence-corrected chi connectivity index (χ0v) is 11.1. The topological polar surface area (TPSA) is 123 Å². The third kappa shape index (κ3) is 2.66. The molecule has 2 rings (SSSR count). The molecule has 9 heteroatoms. The lowest BCUT2D eigenvalue weighted by atomic mass is 10.2. The molecule has 0 saturated heterocycles. The van der Waals surface area contributed by atoms with Crippen LogP contribution in [0.15, 0.2) is 37.0 Å². The first-order valence-corrected chi connectivity index (χ1v) is 5.89. The maximum absolute atomic E-state index is 11.6. The number of nitrogen functional groups attached to an aromatic ring is 1. The molecular formula is C10H9BrN4O4. The van der Waals surface area contributed by atoms with Crippen molar-refractivity contribution in [2.24, 2.45) is 5.84 Å². The molecular weight excluding hydrogens is 320 g/mol. The molecule has 0 unspecified atom stereocenters. The quantitative estimate of drug-likeness (QED) is 0.400. The standard InChI is InChI=1S/C10H9BrN4O4/c11-6-4-15(10(18)13-8(6)16)3-5-1-2-19-7(5)9(17)14-12/h1-2,4H,3,12H2,(H,14,17)(H,13,16,18). The van der Waals surface area contributed by atoms with Crippen molar-refractivity contribution in [1.29, 1.82) is 0 Å². The molecule has 0 fully saturated rings. The van der Waals surface area contributed by atoms with Gasteiger partial charge in [-0.3, -0.25) is 24.6 Å². The van der Waals surface area contributed by atoms with Crippen LogP contribution < -0.4 is 22.5 Å². The minimum absolute atomic E-state index is 0.0109. The number of aromatic amines is 1. The lowest BCUT2D eigenvalue weighted by Gasteiger charge is -2.05. The number of furan rings is 1. The van der Waals surface area contributed by atoms with Crippen LogP contribution in [0.5, 0.6) is 0 Å². The van der Waals surface area contributed by atoms with E-state index < -0.39 is 17.2 Å². The number of carbonyl (C=O) groups is 1. The van der Waals surface area contributed by atoms with Crippen LogP contribution in [-0.4, -0.2) is 15.5 Å². The highest BCUT2D eigenvalue weighted by Gasteiger charge is 2.15. The monoisotopic (exact) mass is 328 g/mol. The highest BCUT2D eigenvalue weighted by atomic mass is 79.9. The lowest BCUT2D eigenvalue weighted by molar-refractivity contribution is 0.0924. The third-order valence-electron chi connectivity index (χ3n) is 2.39. The molecule has 4 N–H and O–H groups in total. The molecule has 19 heavy (non-hydrogen) atoms. The Morgan fingerprint density at radius 1 is 1.53 bits per heavy atom. The molecule has 0 aromatic carbocycles. The van der Waals surface area contributed by atoms with Crippen molar-refractivity contribution in [3.8, 4) is 0 Å². The number of aromatic nitrogens is 2. The van der Waals surface area contributed by atoms with E-state index in [0.29, 0.717) is 5.56 Å². The molecule has 2 heterocycles. The Balaban J connectivity index is 2.40. The summed E-state index contributed by atoms with van der Waals surface area (Å²) >= 11 is 3.02. The first-order valence-electron chi connectivity index (χ1n) is 5.09. The number of amides is 1. The number of hydrogen-bond acceptors (Lipinski definition) is 5. The fourth-order valence-corrected chi connectivity index (χ4v) is 1.85. The Kier molecular flexibility index (Phi) is 3.67. The van der Waals surface area contributed by atoms with Crippen molar-refractivity contribution in [2.75, 3.05) is 0 Å².